The van der Waals surface area contributed by atoms with E-state index in [1.54, 1.807) is 13.8 Å². The highest BCUT2D eigenvalue weighted by Gasteiger charge is 2.27. The van der Waals surface area contributed by atoms with Crippen molar-refractivity contribution in [1.82, 2.24) is 5.32 Å². The summed E-state index contributed by atoms with van der Waals surface area (Å²) in [6, 6.07) is -0.571. The Bertz CT molecular complexity index is 492. The van der Waals surface area contributed by atoms with Crippen LogP contribution in [0.2, 0.25) is 0 Å². The average molecular weight is 387 g/mol. The second-order valence-electron chi connectivity index (χ2n) is 7.29. The maximum atomic E-state index is 12.5. The zero-order valence-electron chi connectivity index (χ0n) is 16.6. The van der Waals surface area contributed by atoms with Crippen molar-refractivity contribution in [3.05, 3.63) is 0 Å². The Morgan fingerprint density at radius 2 is 1.73 bits per heavy atom. The number of hydrogen-bond donors (Lipinski definition) is 3. The second-order valence-corrected chi connectivity index (χ2v) is 8.60. The van der Waals surface area contributed by atoms with Gasteiger partial charge in [0.25, 0.3) is 0 Å². The van der Waals surface area contributed by atoms with E-state index in [9.17, 15) is 14.4 Å². The Balaban J connectivity index is 4.62. The molecule has 0 heterocycles. The Hall–Kier alpha value is -1.37. The first-order valence-corrected chi connectivity index (χ1v) is 10.4. The van der Waals surface area contributed by atoms with Crippen molar-refractivity contribution in [2.24, 2.45) is 11.8 Å². The summed E-state index contributed by atoms with van der Waals surface area (Å²) in [6.07, 6.45) is 2.38. The molecule has 7 heteroatoms. The summed E-state index contributed by atoms with van der Waals surface area (Å²) >= 11 is 1.29. The van der Waals surface area contributed by atoms with Crippen molar-refractivity contribution in [2.45, 2.75) is 78.0 Å². The fraction of sp³-hybridized carbons (Fsp3) is 0.789. The third kappa shape index (κ3) is 10.6. The molecule has 0 bridgehead atoms. The quantitative estimate of drug-likeness (QED) is 0.313. The molecule has 0 aliphatic carbocycles. The van der Waals surface area contributed by atoms with Gasteiger partial charge in [-0.3, -0.25) is 14.4 Å². The molecule has 0 fully saturated rings. The molecule has 2 atom stereocenters. The lowest BCUT2D eigenvalue weighted by molar-refractivity contribution is -0.138. The molecule has 0 aromatic heterocycles. The van der Waals surface area contributed by atoms with E-state index >= 15 is 0 Å². The van der Waals surface area contributed by atoms with Gasteiger partial charge in [0.2, 0.25) is 5.91 Å². The van der Waals surface area contributed by atoms with Gasteiger partial charge in [-0.05, 0) is 37.4 Å². The fourth-order valence-electron chi connectivity index (χ4n) is 2.53. The van der Waals surface area contributed by atoms with Crippen LogP contribution in [0.4, 0.5) is 0 Å². The van der Waals surface area contributed by atoms with Crippen molar-refractivity contribution in [3.8, 4) is 0 Å². The van der Waals surface area contributed by atoms with Crippen LogP contribution in [0, 0.1) is 17.2 Å². The Labute approximate surface area is 161 Å². The number of rotatable bonds is 14. The standard InChI is InChI=1S/C19H34N2O4S/c1-6-15(18(24)13(4)5)21-19(25)16(11-17(22)23)26-9-7-8-14(20)10-12(2)3/h12-13,15-16,20H,6-11H2,1-5H3,(H,21,25)(H,22,23). The van der Waals surface area contributed by atoms with Crippen molar-refractivity contribution in [2.75, 3.05) is 5.75 Å². The third-order valence-electron chi connectivity index (χ3n) is 3.89. The van der Waals surface area contributed by atoms with Crippen molar-refractivity contribution in [3.63, 3.8) is 0 Å². The molecule has 0 aliphatic heterocycles. The van der Waals surface area contributed by atoms with E-state index in [0.717, 1.165) is 12.8 Å². The van der Waals surface area contributed by atoms with Crippen LogP contribution in [0.5, 0.6) is 0 Å². The Morgan fingerprint density at radius 1 is 1.12 bits per heavy atom. The van der Waals surface area contributed by atoms with Gasteiger partial charge in [-0.15, -0.1) is 11.8 Å². The number of carboxylic acid groups (broad SMARTS) is 1. The lowest BCUT2D eigenvalue weighted by Gasteiger charge is -2.21. The molecule has 150 valence electrons. The molecule has 26 heavy (non-hydrogen) atoms. The van der Waals surface area contributed by atoms with Crippen molar-refractivity contribution in [1.29, 1.82) is 5.41 Å². The lowest BCUT2D eigenvalue weighted by Crippen LogP contribution is -2.46. The number of carboxylic acids is 1. The van der Waals surface area contributed by atoms with Crippen molar-refractivity contribution >= 4 is 35.1 Å². The topological polar surface area (TPSA) is 107 Å². The highest BCUT2D eigenvalue weighted by Crippen LogP contribution is 2.19. The highest BCUT2D eigenvalue weighted by molar-refractivity contribution is 8.00. The van der Waals surface area contributed by atoms with Crippen LogP contribution >= 0.6 is 11.8 Å². The van der Waals surface area contributed by atoms with Crippen LogP contribution < -0.4 is 5.32 Å². The number of amides is 1. The predicted molar refractivity (Wildman–Crippen MR) is 107 cm³/mol. The van der Waals surface area contributed by atoms with Gasteiger partial charge in [0.1, 0.15) is 0 Å². The molecule has 0 saturated carbocycles. The molecule has 0 aromatic rings. The predicted octanol–water partition coefficient (Wildman–Crippen LogP) is 3.53. The number of carbonyl (C=O) groups is 3. The van der Waals surface area contributed by atoms with Gasteiger partial charge in [-0.2, -0.15) is 0 Å². The SMILES string of the molecule is CCC(NC(=O)C(CC(=O)O)SCCCC(=N)CC(C)C)C(=O)C(C)C. The first-order valence-electron chi connectivity index (χ1n) is 9.32. The van der Waals surface area contributed by atoms with Crippen LogP contribution in [0.3, 0.4) is 0 Å². The molecule has 0 spiro atoms. The van der Waals surface area contributed by atoms with Crippen LogP contribution in [0.25, 0.3) is 0 Å². The van der Waals surface area contributed by atoms with Gasteiger partial charge >= 0.3 is 5.97 Å². The van der Waals surface area contributed by atoms with Gasteiger partial charge in [-0.25, -0.2) is 0 Å². The third-order valence-corrected chi connectivity index (χ3v) is 5.19. The number of aliphatic carboxylic acids is 1. The minimum Gasteiger partial charge on any atom is -0.481 e. The van der Waals surface area contributed by atoms with E-state index in [-0.39, 0.29) is 18.1 Å². The Kier molecular flexibility index (Phi) is 12.2. The number of carbonyl (C=O) groups excluding carboxylic acids is 2. The smallest absolute Gasteiger partial charge is 0.305 e. The van der Waals surface area contributed by atoms with Crippen LogP contribution in [0.1, 0.15) is 66.7 Å². The van der Waals surface area contributed by atoms with E-state index in [4.69, 9.17) is 10.5 Å². The van der Waals surface area contributed by atoms with Gasteiger partial charge in [0.05, 0.1) is 17.7 Å². The zero-order valence-corrected chi connectivity index (χ0v) is 17.4. The van der Waals surface area contributed by atoms with E-state index in [2.05, 4.69) is 19.2 Å². The normalized spacial score (nSPS) is 13.5. The van der Waals surface area contributed by atoms with E-state index in [1.807, 2.05) is 6.92 Å². The van der Waals surface area contributed by atoms with Crippen molar-refractivity contribution < 1.29 is 19.5 Å². The molecule has 6 nitrogen and oxygen atoms in total. The summed E-state index contributed by atoms with van der Waals surface area (Å²) in [6.45, 7) is 9.53. The summed E-state index contributed by atoms with van der Waals surface area (Å²) in [5, 5.41) is 19.0. The molecule has 0 aromatic carbocycles. The number of nitrogens with one attached hydrogen (secondary N) is 2. The minimum absolute atomic E-state index is 0.0398. The molecular formula is C19H34N2O4S. The van der Waals surface area contributed by atoms with Crippen LogP contribution in [0.15, 0.2) is 0 Å². The second kappa shape index (κ2) is 12.9. The first-order chi connectivity index (χ1) is 12.1. The molecule has 0 radical (unpaired) electrons. The minimum atomic E-state index is -1.03. The summed E-state index contributed by atoms with van der Waals surface area (Å²) < 4.78 is 0. The number of ketones is 1. The molecule has 1 amide bonds. The van der Waals surface area contributed by atoms with Crippen LogP contribution in [-0.4, -0.2) is 45.5 Å². The first kappa shape index (κ1) is 24.6. The van der Waals surface area contributed by atoms with E-state index in [1.165, 1.54) is 11.8 Å². The number of Topliss-reactive ketones (excluding diaryl/α,β-unsaturated/α-hetero) is 1. The van der Waals surface area contributed by atoms with Gasteiger partial charge in [-0.1, -0.05) is 34.6 Å². The Morgan fingerprint density at radius 3 is 2.19 bits per heavy atom. The zero-order chi connectivity index (χ0) is 20.3. The summed E-state index contributed by atoms with van der Waals surface area (Å²) in [5.74, 6) is -0.588. The number of thioether (sulfide) groups is 1. The number of hydrogen-bond acceptors (Lipinski definition) is 5. The lowest BCUT2D eigenvalue weighted by atomic mass is 9.99. The monoisotopic (exact) mass is 386 g/mol. The molecule has 2 unspecified atom stereocenters. The molecule has 0 saturated heterocycles. The average Bonchev–Trinajstić information content (AvgIpc) is 2.53. The van der Waals surface area contributed by atoms with Gasteiger partial charge in [0, 0.05) is 11.6 Å². The maximum Gasteiger partial charge on any atom is 0.305 e. The largest absolute Gasteiger partial charge is 0.481 e. The van der Waals surface area contributed by atoms with Gasteiger partial charge in [0.15, 0.2) is 5.78 Å². The fourth-order valence-corrected chi connectivity index (χ4v) is 3.61. The van der Waals surface area contributed by atoms with Gasteiger partial charge < -0.3 is 15.8 Å². The van der Waals surface area contributed by atoms with E-state index in [0.29, 0.717) is 30.2 Å². The molecule has 0 aliphatic rings. The highest BCUT2D eigenvalue weighted by atomic mass is 32.2. The summed E-state index contributed by atoms with van der Waals surface area (Å²) in [4.78, 5) is 35.7. The van der Waals surface area contributed by atoms with Crippen LogP contribution in [-0.2, 0) is 14.4 Å². The molecular weight excluding hydrogens is 352 g/mol. The summed E-state index contributed by atoms with van der Waals surface area (Å²) in [7, 11) is 0. The van der Waals surface area contributed by atoms with E-state index < -0.39 is 23.2 Å². The molecule has 0 rings (SSSR count). The summed E-state index contributed by atoms with van der Waals surface area (Å²) in [5.41, 5.74) is 0.688. The molecule has 3 N–H and O–H groups in total. The maximum absolute atomic E-state index is 12.5.